The molecule has 4 rings (SSSR count). The zero-order chi connectivity index (χ0) is 21.1. The van der Waals surface area contributed by atoms with Gasteiger partial charge in [0, 0.05) is 41.6 Å². The Hall–Kier alpha value is -3.93. The maximum Gasteiger partial charge on any atom is 0.251 e. The summed E-state index contributed by atoms with van der Waals surface area (Å²) in [7, 11) is 1.61. The summed E-state index contributed by atoms with van der Waals surface area (Å²) in [6.07, 6.45) is 3.82. The van der Waals surface area contributed by atoms with E-state index in [9.17, 15) is 9.59 Å². The molecule has 0 aliphatic carbocycles. The van der Waals surface area contributed by atoms with E-state index in [1.54, 1.807) is 19.3 Å². The van der Waals surface area contributed by atoms with Crippen molar-refractivity contribution < 1.29 is 9.59 Å². The number of hydrogen-bond donors (Lipinski definition) is 3. The van der Waals surface area contributed by atoms with Crippen LogP contribution in [0, 0.1) is 6.92 Å². The zero-order valence-electron chi connectivity index (χ0n) is 16.8. The van der Waals surface area contributed by atoms with E-state index >= 15 is 0 Å². The Kier molecular flexibility index (Phi) is 5.30. The summed E-state index contributed by atoms with van der Waals surface area (Å²) >= 11 is 0. The number of aryl methyl sites for hydroxylation is 1. The van der Waals surface area contributed by atoms with Crippen LogP contribution in [0.3, 0.4) is 0 Å². The number of fused-ring (bicyclic) bond motifs is 1. The fourth-order valence-electron chi connectivity index (χ4n) is 3.43. The number of rotatable bonds is 5. The van der Waals surface area contributed by atoms with Gasteiger partial charge in [0.15, 0.2) is 0 Å². The molecule has 0 fully saturated rings. The van der Waals surface area contributed by atoms with Crippen molar-refractivity contribution >= 4 is 28.5 Å². The van der Waals surface area contributed by atoms with Gasteiger partial charge >= 0.3 is 0 Å². The molecular formula is C24H22N4O2. The molecule has 0 saturated carbocycles. The Labute approximate surface area is 174 Å². The van der Waals surface area contributed by atoms with Crippen molar-refractivity contribution in [3.8, 4) is 11.1 Å². The zero-order valence-corrected chi connectivity index (χ0v) is 16.8. The van der Waals surface area contributed by atoms with Crippen LogP contribution in [0.5, 0.6) is 0 Å². The summed E-state index contributed by atoms with van der Waals surface area (Å²) in [6.45, 7) is 1.96. The van der Waals surface area contributed by atoms with Crippen LogP contribution >= 0.6 is 0 Å². The van der Waals surface area contributed by atoms with Crippen LogP contribution in [-0.2, 0) is 11.2 Å². The highest BCUT2D eigenvalue weighted by atomic mass is 16.2. The third kappa shape index (κ3) is 3.93. The van der Waals surface area contributed by atoms with E-state index in [1.165, 1.54) is 0 Å². The number of anilines is 1. The van der Waals surface area contributed by atoms with Crippen molar-refractivity contribution in [2.45, 2.75) is 13.3 Å². The molecule has 0 bridgehead atoms. The topological polar surface area (TPSA) is 86.9 Å². The van der Waals surface area contributed by atoms with E-state index in [0.29, 0.717) is 5.56 Å². The summed E-state index contributed by atoms with van der Waals surface area (Å²) in [5.74, 6) is -0.224. The van der Waals surface area contributed by atoms with Crippen LogP contribution < -0.4 is 10.6 Å². The molecule has 3 N–H and O–H groups in total. The van der Waals surface area contributed by atoms with Crippen molar-refractivity contribution in [1.29, 1.82) is 0 Å². The minimum absolute atomic E-state index is 0.0859. The number of aromatic nitrogens is 2. The lowest BCUT2D eigenvalue weighted by atomic mass is 10.0. The number of carbonyl (C=O) groups is 2. The fourth-order valence-corrected chi connectivity index (χ4v) is 3.43. The number of para-hydroxylation sites is 1. The molecule has 0 spiro atoms. The molecule has 0 unspecified atom stereocenters. The second-order valence-corrected chi connectivity index (χ2v) is 7.13. The number of nitrogens with zero attached hydrogens (tertiary/aromatic N) is 1. The van der Waals surface area contributed by atoms with Crippen LogP contribution in [0.25, 0.3) is 22.2 Å². The van der Waals surface area contributed by atoms with Gasteiger partial charge in [-0.25, -0.2) is 4.98 Å². The highest BCUT2D eigenvalue weighted by Gasteiger charge is 2.13. The molecule has 6 heteroatoms. The summed E-state index contributed by atoms with van der Waals surface area (Å²) in [4.78, 5) is 32.2. The number of aromatic amines is 1. The van der Waals surface area contributed by atoms with Gasteiger partial charge in [-0.1, -0.05) is 30.3 Å². The second-order valence-electron chi connectivity index (χ2n) is 7.13. The predicted octanol–water partition coefficient (Wildman–Crippen LogP) is 4.08. The first kappa shape index (κ1) is 19.4. The second kappa shape index (κ2) is 8.21. The molecule has 6 nitrogen and oxygen atoms in total. The minimum atomic E-state index is -0.138. The Morgan fingerprint density at radius 2 is 1.87 bits per heavy atom. The maximum absolute atomic E-state index is 12.6. The first-order valence-electron chi connectivity index (χ1n) is 9.69. The number of amides is 2. The average molecular weight is 398 g/mol. The molecule has 0 atom stereocenters. The molecule has 2 aromatic carbocycles. The number of H-pyrrole nitrogens is 1. The third-order valence-corrected chi connectivity index (χ3v) is 5.07. The summed E-state index contributed by atoms with van der Waals surface area (Å²) < 4.78 is 0. The molecule has 4 aromatic rings. The Balaban J connectivity index is 1.61. The Bertz CT molecular complexity index is 1240. The standard InChI is InChI=1S/C24H22N4O2/c1-15-6-3-4-9-21(15)28-22(29)12-19-14-27-23-20(19)11-18(13-26-23)16-7-5-8-17(10-16)24(30)25-2/h3-11,13-14H,12H2,1-2H3,(H,25,30)(H,26,27)(H,28,29). The average Bonchev–Trinajstić information content (AvgIpc) is 3.16. The molecule has 0 aliphatic heterocycles. The lowest BCUT2D eigenvalue weighted by Gasteiger charge is -2.08. The van der Waals surface area contributed by atoms with Crippen LogP contribution in [0.1, 0.15) is 21.5 Å². The van der Waals surface area contributed by atoms with Crippen molar-refractivity contribution in [3.63, 3.8) is 0 Å². The van der Waals surface area contributed by atoms with Crippen LogP contribution in [0.2, 0.25) is 0 Å². The summed E-state index contributed by atoms with van der Waals surface area (Å²) in [5.41, 5.74) is 5.78. The van der Waals surface area contributed by atoms with E-state index < -0.39 is 0 Å². The van der Waals surface area contributed by atoms with Gasteiger partial charge in [-0.3, -0.25) is 9.59 Å². The van der Waals surface area contributed by atoms with E-state index in [2.05, 4.69) is 20.6 Å². The van der Waals surface area contributed by atoms with Crippen molar-refractivity contribution in [3.05, 3.63) is 83.7 Å². The largest absolute Gasteiger partial charge is 0.355 e. The normalized spacial score (nSPS) is 10.7. The Morgan fingerprint density at radius 3 is 2.67 bits per heavy atom. The highest BCUT2D eigenvalue weighted by Crippen LogP contribution is 2.26. The van der Waals surface area contributed by atoms with E-state index in [1.807, 2.05) is 61.7 Å². The number of benzene rings is 2. The number of carbonyl (C=O) groups excluding carboxylic acids is 2. The van der Waals surface area contributed by atoms with Gasteiger partial charge < -0.3 is 15.6 Å². The van der Waals surface area contributed by atoms with Crippen LogP contribution in [0.15, 0.2) is 67.0 Å². The monoisotopic (exact) mass is 398 g/mol. The van der Waals surface area contributed by atoms with Crippen molar-refractivity contribution in [2.24, 2.45) is 0 Å². The summed E-state index contributed by atoms with van der Waals surface area (Å²) in [5, 5.41) is 6.49. The molecule has 0 saturated heterocycles. The SMILES string of the molecule is CNC(=O)c1cccc(-c2cnc3[nH]cc(CC(=O)Nc4ccccc4C)c3c2)c1. The quantitative estimate of drug-likeness (QED) is 0.473. The Morgan fingerprint density at radius 1 is 1.03 bits per heavy atom. The molecule has 2 amide bonds. The van der Waals surface area contributed by atoms with Gasteiger partial charge in [0.25, 0.3) is 5.91 Å². The van der Waals surface area contributed by atoms with E-state index in [-0.39, 0.29) is 18.2 Å². The minimum Gasteiger partial charge on any atom is -0.355 e. The van der Waals surface area contributed by atoms with Gasteiger partial charge in [-0.15, -0.1) is 0 Å². The number of pyridine rings is 1. The van der Waals surface area contributed by atoms with Gasteiger partial charge in [0.1, 0.15) is 5.65 Å². The molecule has 2 heterocycles. The van der Waals surface area contributed by atoms with E-state index in [4.69, 9.17) is 0 Å². The smallest absolute Gasteiger partial charge is 0.251 e. The van der Waals surface area contributed by atoms with Crippen molar-refractivity contribution in [1.82, 2.24) is 15.3 Å². The lowest BCUT2D eigenvalue weighted by Crippen LogP contribution is -2.17. The van der Waals surface area contributed by atoms with Gasteiger partial charge in [0.2, 0.25) is 5.91 Å². The molecule has 0 radical (unpaired) electrons. The molecule has 150 valence electrons. The first-order chi connectivity index (χ1) is 14.5. The van der Waals surface area contributed by atoms with Gasteiger partial charge in [-0.2, -0.15) is 0 Å². The van der Waals surface area contributed by atoms with Crippen LogP contribution in [0.4, 0.5) is 5.69 Å². The maximum atomic E-state index is 12.6. The third-order valence-electron chi connectivity index (χ3n) is 5.07. The number of hydrogen-bond acceptors (Lipinski definition) is 3. The molecule has 0 aliphatic rings. The van der Waals surface area contributed by atoms with E-state index in [0.717, 1.165) is 39.0 Å². The van der Waals surface area contributed by atoms with Crippen LogP contribution in [-0.4, -0.2) is 28.8 Å². The van der Waals surface area contributed by atoms with Crippen molar-refractivity contribution in [2.75, 3.05) is 12.4 Å². The fraction of sp³-hybridized carbons (Fsp3) is 0.125. The summed E-state index contributed by atoms with van der Waals surface area (Å²) in [6, 6.07) is 17.1. The van der Waals surface area contributed by atoms with Gasteiger partial charge in [-0.05, 0) is 47.9 Å². The van der Waals surface area contributed by atoms with Gasteiger partial charge in [0.05, 0.1) is 6.42 Å². The predicted molar refractivity (Wildman–Crippen MR) is 118 cm³/mol. The molecule has 30 heavy (non-hydrogen) atoms. The molecule has 2 aromatic heterocycles. The molecular weight excluding hydrogens is 376 g/mol. The lowest BCUT2D eigenvalue weighted by molar-refractivity contribution is -0.115. The first-order valence-corrected chi connectivity index (χ1v) is 9.69. The highest BCUT2D eigenvalue weighted by molar-refractivity contribution is 5.97. The number of nitrogens with one attached hydrogen (secondary N) is 3.